The second-order valence-corrected chi connectivity index (χ2v) is 7.09. The summed E-state index contributed by atoms with van der Waals surface area (Å²) in [6, 6.07) is 13.1. The number of ether oxygens (including phenoxy) is 2. The number of carbonyl (C=O) groups is 2. The van der Waals surface area contributed by atoms with Crippen LogP contribution in [0.1, 0.15) is 37.2 Å². The topological polar surface area (TPSA) is 113 Å². The molecule has 162 valence electrons. The molecule has 0 N–H and O–H groups in total. The molecule has 8 nitrogen and oxygen atoms in total. The van der Waals surface area contributed by atoms with Gasteiger partial charge in [0.05, 0.1) is 21.9 Å². The molecule has 0 saturated heterocycles. The standard InChI is InChI=1S/C24H18O8/c1-13(25)31-23(17-11-29-19-9-5-3-7-15(19)21(17)27)24(32-14(2)26)18-12-30-20-10-6-4-8-16(20)22(18)28/h3-12,23-24H,1-2H3. The summed E-state index contributed by atoms with van der Waals surface area (Å²) in [7, 11) is 0. The molecule has 2 heterocycles. The molecule has 0 saturated carbocycles. The molecule has 4 aromatic rings. The van der Waals surface area contributed by atoms with Crippen molar-refractivity contribution in [1.82, 2.24) is 0 Å². The molecule has 0 aliphatic heterocycles. The van der Waals surface area contributed by atoms with E-state index in [-0.39, 0.29) is 21.9 Å². The molecular weight excluding hydrogens is 416 g/mol. The monoisotopic (exact) mass is 434 g/mol. The molecular formula is C24H18O8. The van der Waals surface area contributed by atoms with Gasteiger partial charge in [0, 0.05) is 13.8 Å². The number of fused-ring (bicyclic) bond motifs is 2. The zero-order valence-corrected chi connectivity index (χ0v) is 17.2. The van der Waals surface area contributed by atoms with E-state index >= 15 is 0 Å². The third kappa shape index (κ3) is 3.90. The van der Waals surface area contributed by atoms with Gasteiger partial charge < -0.3 is 18.3 Å². The maximum absolute atomic E-state index is 13.2. The molecule has 0 fully saturated rings. The summed E-state index contributed by atoms with van der Waals surface area (Å²) < 4.78 is 21.9. The zero-order chi connectivity index (χ0) is 22.8. The van der Waals surface area contributed by atoms with Gasteiger partial charge in [-0.1, -0.05) is 24.3 Å². The number of benzene rings is 2. The Morgan fingerprint density at radius 2 is 1.06 bits per heavy atom. The molecule has 0 aliphatic carbocycles. The third-order valence-electron chi connectivity index (χ3n) is 4.89. The van der Waals surface area contributed by atoms with E-state index in [0.717, 1.165) is 26.4 Å². The number of hydrogen-bond donors (Lipinski definition) is 0. The number of hydrogen-bond acceptors (Lipinski definition) is 8. The van der Waals surface area contributed by atoms with Crippen molar-refractivity contribution < 1.29 is 27.9 Å². The lowest BCUT2D eigenvalue weighted by molar-refractivity contribution is -0.167. The van der Waals surface area contributed by atoms with E-state index in [9.17, 15) is 19.2 Å². The first-order valence-corrected chi connectivity index (χ1v) is 9.72. The van der Waals surface area contributed by atoms with Crippen LogP contribution in [-0.2, 0) is 19.1 Å². The molecule has 32 heavy (non-hydrogen) atoms. The minimum atomic E-state index is -1.44. The number of carbonyl (C=O) groups excluding carboxylic acids is 2. The Morgan fingerprint density at radius 3 is 1.44 bits per heavy atom. The molecule has 0 bridgehead atoms. The Bertz CT molecular complexity index is 1330. The predicted molar refractivity (Wildman–Crippen MR) is 114 cm³/mol. The van der Waals surface area contributed by atoms with Gasteiger partial charge >= 0.3 is 11.9 Å². The van der Waals surface area contributed by atoms with Crippen molar-refractivity contribution in [2.75, 3.05) is 0 Å². The second kappa shape index (κ2) is 8.50. The van der Waals surface area contributed by atoms with Gasteiger partial charge in [-0.3, -0.25) is 19.2 Å². The predicted octanol–water partition coefficient (Wildman–Crippen LogP) is 3.81. The van der Waals surface area contributed by atoms with E-state index in [1.165, 1.54) is 0 Å². The maximum Gasteiger partial charge on any atom is 0.303 e. The number of para-hydroxylation sites is 2. The first-order valence-electron chi connectivity index (χ1n) is 9.72. The van der Waals surface area contributed by atoms with Crippen LogP contribution in [0, 0.1) is 0 Å². The van der Waals surface area contributed by atoms with Gasteiger partial charge in [0.25, 0.3) is 0 Å². The van der Waals surface area contributed by atoms with E-state index in [1.807, 2.05) is 0 Å². The van der Waals surface area contributed by atoms with Crippen molar-refractivity contribution in [3.05, 3.63) is 92.6 Å². The Balaban J connectivity index is 1.95. The average molecular weight is 434 g/mol. The normalized spacial score (nSPS) is 12.9. The van der Waals surface area contributed by atoms with Gasteiger partial charge in [-0.2, -0.15) is 0 Å². The zero-order valence-electron chi connectivity index (χ0n) is 17.2. The molecule has 0 spiro atoms. The molecule has 8 heteroatoms. The Morgan fingerprint density at radius 1 is 0.688 bits per heavy atom. The SMILES string of the molecule is CC(=O)OC(c1coc2ccccc2c1=O)C(OC(C)=O)c1coc2ccccc2c1=O. The first kappa shape index (κ1) is 21.0. The fraction of sp³-hybridized carbons (Fsp3) is 0.167. The van der Waals surface area contributed by atoms with Gasteiger partial charge in [0.2, 0.25) is 0 Å². The average Bonchev–Trinajstić information content (AvgIpc) is 2.77. The Hall–Kier alpha value is -4.20. The highest BCUT2D eigenvalue weighted by atomic mass is 16.6. The molecule has 2 aromatic heterocycles. The lowest BCUT2D eigenvalue weighted by atomic mass is 9.98. The highest BCUT2D eigenvalue weighted by Gasteiger charge is 2.36. The van der Waals surface area contributed by atoms with Crippen LogP contribution in [-0.4, -0.2) is 11.9 Å². The van der Waals surface area contributed by atoms with Crippen LogP contribution in [0.3, 0.4) is 0 Å². The minimum absolute atomic E-state index is 0.0855. The van der Waals surface area contributed by atoms with Gasteiger partial charge in [-0.05, 0) is 24.3 Å². The Labute approximate surface area is 181 Å². The van der Waals surface area contributed by atoms with Crippen LogP contribution in [0.15, 0.2) is 79.5 Å². The number of esters is 2. The lowest BCUT2D eigenvalue weighted by Gasteiger charge is -2.25. The lowest BCUT2D eigenvalue weighted by Crippen LogP contribution is -2.29. The van der Waals surface area contributed by atoms with Crippen LogP contribution in [0.2, 0.25) is 0 Å². The molecule has 2 unspecified atom stereocenters. The molecule has 0 radical (unpaired) electrons. The van der Waals surface area contributed by atoms with Crippen LogP contribution >= 0.6 is 0 Å². The summed E-state index contributed by atoms with van der Waals surface area (Å²) in [5.74, 6) is -1.49. The van der Waals surface area contributed by atoms with E-state index < -0.39 is 35.0 Å². The third-order valence-corrected chi connectivity index (χ3v) is 4.89. The van der Waals surface area contributed by atoms with Gasteiger partial charge in [0.15, 0.2) is 23.1 Å². The summed E-state index contributed by atoms with van der Waals surface area (Å²) in [5, 5.41) is 0.489. The van der Waals surface area contributed by atoms with E-state index in [0.29, 0.717) is 11.2 Å². The van der Waals surface area contributed by atoms with Crippen molar-refractivity contribution in [2.45, 2.75) is 26.1 Å². The Kier molecular flexibility index (Phi) is 5.59. The van der Waals surface area contributed by atoms with Gasteiger partial charge in [0.1, 0.15) is 23.7 Å². The van der Waals surface area contributed by atoms with E-state index in [4.69, 9.17) is 18.3 Å². The number of rotatable bonds is 5. The van der Waals surface area contributed by atoms with Crippen LogP contribution in [0.5, 0.6) is 0 Å². The van der Waals surface area contributed by atoms with Crippen molar-refractivity contribution in [3.63, 3.8) is 0 Å². The van der Waals surface area contributed by atoms with E-state index in [2.05, 4.69) is 0 Å². The maximum atomic E-state index is 13.2. The van der Waals surface area contributed by atoms with E-state index in [1.54, 1.807) is 48.5 Å². The minimum Gasteiger partial charge on any atom is -0.464 e. The van der Waals surface area contributed by atoms with Crippen LogP contribution in [0.25, 0.3) is 21.9 Å². The van der Waals surface area contributed by atoms with Crippen molar-refractivity contribution in [2.24, 2.45) is 0 Å². The summed E-state index contributed by atoms with van der Waals surface area (Å²) in [4.78, 5) is 50.2. The summed E-state index contributed by atoms with van der Waals surface area (Å²) in [6.45, 7) is 2.28. The highest BCUT2D eigenvalue weighted by molar-refractivity contribution is 5.78. The van der Waals surface area contributed by atoms with Crippen molar-refractivity contribution >= 4 is 33.9 Å². The van der Waals surface area contributed by atoms with Crippen LogP contribution in [0.4, 0.5) is 0 Å². The van der Waals surface area contributed by atoms with Crippen LogP contribution < -0.4 is 10.9 Å². The van der Waals surface area contributed by atoms with Gasteiger partial charge in [-0.15, -0.1) is 0 Å². The fourth-order valence-corrected chi connectivity index (χ4v) is 3.51. The second-order valence-electron chi connectivity index (χ2n) is 7.09. The molecule has 4 rings (SSSR count). The fourth-order valence-electron chi connectivity index (χ4n) is 3.51. The molecule has 2 atom stereocenters. The summed E-state index contributed by atoms with van der Waals surface area (Å²) in [5.41, 5.74) is -0.481. The highest BCUT2D eigenvalue weighted by Crippen LogP contribution is 2.34. The molecule has 2 aromatic carbocycles. The smallest absolute Gasteiger partial charge is 0.303 e. The van der Waals surface area contributed by atoms with Gasteiger partial charge in [-0.25, -0.2) is 0 Å². The van der Waals surface area contributed by atoms with Crippen molar-refractivity contribution in [1.29, 1.82) is 0 Å². The largest absolute Gasteiger partial charge is 0.464 e. The van der Waals surface area contributed by atoms with Crippen molar-refractivity contribution in [3.8, 4) is 0 Å². The first-order chi connectivity index (χ1) is 15.4. The summed E-state index contributed by atoms with van der Waals surface area (Å²) in [6.07, 6.45) is -0.614. The molecule has 0 aliphatic rings. The quantitative estimate of drug-likeness (QED) is 0.436. The molecule has 0 amide bonds. The summed E-state index contributed by atoms with van der Waals surface area (Å²) >= 11 is 0.